The van der Waals surface area contributed by atoms with Gasteiger partial charge in [-0.25, -0.2) is 8.42 Å². The Kier molecular flexibility index (Phi) is 7.54. The Bertz CT molecular complexity index is 1500. The van der Waals surface area contributed by atoms with Crippen LogP contribution in [0, 0.1) is 5.92 Å². The molecule has 6 rings (SSSR count). The fourth-order valence-electron chi connectivity index (χ4n) is 5.69. The third-order valence-corrected chi connectivity index (χ3v) is 10.8. The Hall–Kier alpha value is -2.67. The number of halogens is 2. The lowest BCUT2D eigenvalue weighted by atomic mass is 9.97. The molecular formula is C28H30BrClN4O6S. The first-order chi connectivity index (χ1) is 19.6. The molecule has 2 aliphatic heterocycles. The molecule has 3 unspecified atom stereocenters. The number of rotatable bonds is 8. The van der Waals surface area contributed by atoms with Crippen molar-refractivity contribution < 1.29 is 27.5 Å². The molecule has 10 nitrogen and oxygen atoms in total. The van der Waals surface area contributed by atoms with E-state index in [9.17, 15) is 22.8 Å². The maximum absolute atomic E-state index is 14.4. The van der Waals surface area contributed by atoms with Crippen LogP contribution < -0.4 is 10.1 Å². The van der Waals surface area contributed by atoms with Crippen LogP contribution in [0.4, 0.5) is 0 Å². The molecule has 218 valence electrons. The molecule has 2 heterocycles. The highest BCUT2D eigenvalue weighted by molar-refractivity contribution is 9.10. The number of methoxy groups -OCH3 is 1. The van der Waals surface area contributed by atoms with Crippen molar-refractivity contribution in [3.8, 4) is 5.75 Å². The van der Waals surface area contributed by atoms with E-state index in [1.165, 1.54) is 34.5 Å². The minimum Gasteiger partial charge on any atom is -0.495 e. The van der Waals surface area contributed by atoms with E-state index in [1.807, 2.05) is 24.3 Å². The number of carbonyl (C=O) groups is 3. The molecule has 2 aromatic rings. The summed E-state index contributed by atoms with van der Waals surface area (Å²) in [4.78, 5) is 43.8. The second-order valence-corrected chi connectivity index (χ2v) is 14.2. The summed E-state index contributed by atoms with van der Waals surface area (Å²) in [6.07, 6.45) is 2.33. The molecule has 41 heavy (non-hydrogen) atoms. The number of ether oxygens (including phenoxy) is 1. The molecule has 2 saturated carbocycles. The number of hydrogen-bond donors (Lipinski definition) is 1. The van der Waals surface area contributed by atoms with Gasteiger partial charge < -0.3 is 19.9 Å². The maximum Gasteiger partial charge on any atom is 0.248 e. The monoisotopic (exact) mass is 664 g/mol. The molecule has 4 fully saturated rings. The number of fused-ring (bicyclic) bond motifs is 1. The SMILES string of the molecule is COc1ccc(Cl)cc1S(=O)(=O)N1CC(NC(=O)C2CC2)C(=O)N2C(Cc3ccc(Br)cc3)C(=O)N(C3CC3)CC21. The highest BCUT2D eigenvalue weighted by atomic mass is 79.9. The van der Waals surface area contributed by atoms with Gasteiger partial charge >= 0.3 is 0 Å². The molecule has 0 aromatic heterocycles. The molecule has 2 aliphatic carbocycles. The van der Waals surface area contributed by atoms with Crippen LogP contribution in [0.3, 0.4) is 0 Å². The molecule has 2 aromatic carbocycles. The highest BCUT2D eigenvalue weighted by Crippen LogP contribution is 2.39. The number of nitrogens with one attached hydrogen (secondary N) is 1. The van der Waals surface area contributed by atoms with E-state index in [1.54, 1.807) is 4.90 Å². The van der Waals surface area contributed by atoms with E-state index >= 15 is 0 Å². The van der Waals surface area contributed by atoms with Crippen molar-refractivity contribution in [2.75, 3.05) is 20.2 Å². The fraction of sp³-hybridized carbons (Fsp3) is 0.464. The Labute approximate surface area is 252 Å². The third kappa shape index (κ3) is 5.47. The van der Waals surface area contributed by atoms with Crippen LogP contribution in [0.1, 0.15) is 31.2 Å². The number of sulfonamides is 1. The summed E-state index contributed by atoms with van der Waals surface area (Å²) in [7, 11) is -2.94. The number of hydrogen-bond acceptors (Lipinski definition) is 6. The largest absolute Gasteiger partial charge is 0.495 e. The van der Waals surface area contributed by atoms with Crippen molar-refractivity contribution in [3.05, 3.63) is 57.5 Å². The third-order valence-electron chi connectivity index (χ3n) is 8.14. The average molecular weight is 666 g/mol. The smallest absolute Gasteiger partial charge is 0.248 e. The Morgan fingerprint density at radius 2 is 1.76 bits per heavy atom. The van der Waals surface area contributed by atoms with Crippen molar-refractivity contribution in [1.82, 2.24) is 19.4 Å². The second kappa shape index (κ2) is 10.9. The van der Waals surface area contributed by atoms with Crippen LogP contribution >= 0.6 is 27.5 Å². The van der Waals surface area contributed by atoms with Gasteiger partial charge in [-0.3, -0.25) is 14.4 Å². The topological polar surface area (TPSA) is 116 Å². The van der Waals surface area contributed by atoms with Gasteiger partial charge in [-0.2, -0.15) is 4.31 Å². The predicted octanol–water partition coefficient (Wildman–Crippen LogP) is 2.78. The quantitative estimate of drug-likeness (QED) is 0.464. The summed E-state index contributed by atoms with van der Waals surface area (Å²) in [5, 5.41) is 2.99. The highest BCUT2D eigenvalue weighted by Gasteiger charge is 2.56. The van der Waals surface area contributed by atoms with Gasteiger partial charge in [0.1, 0.15) is 28.9 Å². The van der Waals surface area contributed by atoms with Gasteiger partial charge in [-0.05, 0) is 61.6 Å². The molecular weight excluding hydrogens is 636 g/mol. The van der Waals surface area contributed by atoms with Gasteiger partial charge in [0.2, 0.25) is 27.7 Å². The van der Waals surface area contributed by atoms with Gasteiger partial charge in [0.25, 0.3) is 0 Å². The van der Waals surface area contributed by atoms with Gasteiger partial charge in [-0.1, -0.05) is 39.7 Å². The van der Waals surface area contributed by atoms with Crippen molar-refractivity contribution in [2.24, 2.45) is 5.92 Å². The molecule has 3 atom stereocenters. The number of nitrogens with zero attached hydrogens (tertiary/aromatic N) is 3. The maximum atomic E-state index is 14.4. The number of carbonyl (C=O) groups excluding carboxylic acids is 3. The van der Waals surface area contributed by atoms with Crippen LogP contribution in [-0.2, 0) is 30.8 Å². The summed E-state index contributed by atoms with van der Waals surface area (Å²) >= 11 is 9.65. The van der Waals surface area contributed by atoms with Gasteiger partial charge in [-0.15, -0.1) is 0 Å². The van der Waals surface area contributed by atoms with Crippen LogP contribution in [0.25, 0.3) is 0 Å². The Morgan fingerprint density at radius 3 is 2.39 bits per heavy atom. The lowest BCUT2D eigenvalue weighted by Gasteiger charge is -2.53. The summed E-state index contributed by atoms with van der Waals surface area (Å²) in [6, 6.07) is 9.70. The number of piperazine rings is 1. The van der Waals surface area contributed by atoms with Crippen LogP contribution in [0.5, 0.6) is 5.75 Å². The van der Waals surface area contributed by atoms with E-state index in [2.05, 4.69) is 21.2 Å². The van der Waals surface area contributed by atoms with E-state index in [0.29, 0.717) is 0 Å². The van der Waals surface area contributed by atoms with Crippen LogP contribution in [0.2, 0.25) is 5.02 Å². The fourth-order valence-corrected chi connectivity index (χ4v) is 7.96. The molecule has 2 saturated heterocycles. The summed E-state index contributed by atoms with van der Waals surface area (Å²) in [5.74, 6) is -1.04. The van der Waals surface area contributed by atoms with Gasteiger partial charge in [0.15, 0.2) is 0 Å². The zero-order valence-electron chi connectivity index (χ0n) is 22.3. The zero-order chi connectivity index (χ0) is 29.1. The van der Waals surface area contributed by atoms with Crippen molar-refractivity contribution in [2.45, 2.75) is 61.3 Å². The van der Waals surface area contributed by atoms with Gasteiger partial charge in [0.05, 0.1) is 13.7 Å². The minimum absolute atomic E-state index is 0.00437. The molecule has 13 heteroatoms. The molecule has 3 amide bonds. The van der Waals surface area contributed by atoms with E-state index in [-0.39, 0.29) is 59.0 Å². The van der Waals surface area contributed by atoms with Crippen molar-refractivity contribution >= 4 is 55.3 Å². The first-order valence-corrected chi connectivity index (χ1v) is 16.2. The predicted molar refractivity (Wildman–Crippen MR) is 154 cm³/mol. The van der Waals surface area contributed by atoms with Gasteiger partial charge in [0, 0.05) is 34.4 Å². The standard InChI is InChI=1S/C28H30BrClN4O6S/c1-40-23-11-8-19(30)13-24(23)41(38,39)33-14-21(31-26(35)17-4-5-17)27(36)34-22(12-16-2-6-18(29)7-3-16)28(37)32(15-25(33)34)20-9-10-20/h2-3,6-8,11,13,17,20-22,25H,4-5,9-10,12,14-15H2,1H3,(H,31,35). The van der Waals surface area contributed by atoms with E-state index < -0.39 is 34.2 Å². The summed E-state index contributed by atoms with van der Waals surface area (Å²) in [5.41, 5.74) is 0.825. The van der Waals surface area contributed by atoms with E-state index in [0.717, 1.165) is 35.7 Å². The van der Waals surface area contributed by atoms with Crippen LogP contribution in [-0.4, -0.2) is 84.7 Å². The average Bonchev–Trinajstić information content (AvgIpc) is 3.86. The lowest BCUT2D eigenvalue weighted by Crippen LogP contribution is -2.76. The molecule has 0 radical (unpaired) electrons. The van der Waals surface area contributed by atoms with Crippen LogP contribution in [0.15, 0.2) is 51.8 Å². The zero-order valence-corrected chi connectivity index (χ0v) is 25.5. The minimum atomic E-state index is -4.31. The van der Waals surface area contributed by atoms with E-state index in [4.69, 9.17) is 16.3 Å². The molecule has 0 spiro atoms. The second-order valence-electron chi connectivity index (χ2n) is 11.0. The lowest BCUT2D eigenvalue weighted by molar-refractivity contribution is -0.168. The first-order valence-electron chi connectivity index (χ1n) is 13.6. The molecule has 1 N–H and O–H groups in total. The Morgan fingerprint density at radius 1 is 1.05 bits per heavy atom. The molecule has 4 aliphatic rings. The number of amides is 3. The van der Waals surface area contributed by atoms with Crippen molar-refractivity contribution in [3.63, 3.8) is 0 Å². The Balaban J connectivity index is 1.44. The van der Waals surface area contributed by atoms with Crippen molar-refractivity contribution in [1.29, 1.82) is 0 Å². The first kappa shape index (κ1) is 28.4. The summed E-state index contributed by atoms with van der Waals surface area (Å²) < 4.78 is 36.2. The summed E-state index contributed by atoms with van der Waals surface area (Å²) in [6.45, 7) is -0.231. The normalized spacial score (nSPS) is 25.2. The molecule has 0 bridgehead atoms. The number of benzene rings is 2.